The number of hydrogen-bond acceptors (Lipinski definition) is 2. The highest BCUT2D eigenvalue weighted by atomic mass is 35.5. The Kier molecular flexibility index (Phi) is 65.7. The molecule has 0 heterocycles. The van der Waals surface area contributed by atoms with Gasteiger partial charge in [-0.1, -0.05) is 19.3 Å². The first-order valence-corrected chi connectivity index (χ1v) is 3.82. The maximum absolute atomic E-state index is 5.32. The summed E-state index contributed by atoms with van der Waals surface area (Å²) in [5.74, 6) is 0. The van der Waals surface area contributed by atoms with Crippen LogP contribution in [0.3, 0.4) is 0 Å². The van der Waals surface area contributed by atoms with Gasteiger partial charge in [0.25, 0.3) is 0 Å². The van der Waals surface area contributed by atoms with Crippen molar-refractivity contribution in [3.63, 3.8) is 0 Å². The molecule has 0 unspecified atom stereocenters. The number of hydrogen-bond donors (Lipinski definition) is 2. The van der Waals surface area contributed by atoms with Crippen molar-refractivity contribution in [3.05, 3.63) is 0 Å². The molecule has 13 heavy (non-hydrogen) atoms. The molecule has 0 bridgehead atoms. The molecule has 2 nitrogen and oxygen atoms in total. The zero-order valence-electron chi connectivity index (χ0n) is 7.74. The van der Waals surface area contributed by atoms with Gasteiger partial charge in [0, 0.05) is 0 Å². The number of rotatable bonds is 6. The van der Waals surface area contributed by atoms with Gasteiger partial charge < -0.3 is 11.5 Å². The fourth-order valence-electron chi connectivity index (χ4n) is 0.819. The SMILES string of the molecule is Cl.Cl.Cl.Cl.NCCCCCCCN. The quantitative estimate of drug-likeness (QED) is 0.732. The molecule has 0 radical (unpaired) electrons. The molecular formula is C7H22Cl4N2. The summed E-state index contributed by atoms with van der Waals surface area (Å²) in [5, 5.41) is 0. The fourth-order valence-corrected chi connectivity index (χ4v) is 0.819. The molecule has 4 N–H and O–H groups in total. The van der Waals surface area contributed by atoms with Crippen molar-refractivity contribution in [2.45, 2.75) is 32.1 Å². The number of unbranched alkanes of at least 4 members (excludes halogenated alkanes) is 4. The lowest BCUT2D eigenvalue weighted by Crippen LogP contribution is -1.99. The van der Waals surface area contributed by atoms with Crippen LogP contribution in [0.15, 0.2) is 0 Å². The highest BCUT2D eigenvalue weighted by Gasteiger charge is 1.85. The predicted octanol–water partition coefficient (Wildman–Crippen LogP) is 2.54. The third kappa shape index (κ3) is 32.0. The van der Waals surface area contributed by atoms with E-state index in [1.807, 2.05) is 0 Å². The monoisotopic (exact) mass is 274 g/mol. The molecule has 0 aliphatic rings. The Labute approximate surface area is 106 Å². The lowest BCUT2D eigenvalue weighted by molar-refractivity contribution is 0.623. The predicted molar refractivity (Wildman–Crippen MR) is 70.2 cm³/mol. The normalized spacial score (nSPS) is 6.92. The topological polar surface area (TPSA) is 52.0 Å². The van der Waals surface area contributed by atoms with Crippen LogP contribution in [-0.4, -0.2) is 13.1 Å². The van der Waals surface area contributed by atoms with Crippen LogP contribution < -0.4 is 11.5 Å². The average Bonchev–Trinajstić information content (AvgIpc) is 1.89. The van der Waals surface area contributed by atoms with Crippen molar-refractivity contribution in [2.24, 2.45) is 11.5 Å². The van der Waals surface area contributed by atoms with Gasteiger partial charge in [0.15, 0.2) is 0 Å². The molecule has 0 amide bonds. The Hall–Kier alpha value is 1.08. The Morgan fingerprint density at radius 1 is 0.462 bits per heavy atom. The highest BCUT2D eigenvalue weighted by Crippen LogP contribution is 1.99. The van der Waals surface area contributed by atoms with Crippen LogP contribution in [-0.2, 0) is 0 Å². The molecular weight excluding hydrogens is 254 g/mol. The van der Waals surface area contributed by atoms with Crippen LogP contribution in [0.25, 0.3) is 0 Å². The van der Waals surface area contributed by atoms with Crippen molar-refractivity contribution in [1.29, 1.82) is 0 Å². The van der Waals surface area contributed by atoms with Gasteiger partial charge in [-0.05, 0) is 25.9 Å². The summed E-state index contributed by atoms with van der Waals surface area (Å²) in [7, 11) is 0. The van der Waals surface area contributed by atoms with Crippen LogP contribution >= 0.6 is 49.6 Å². The first kappa shape index (κ1) is 29.2. The maximum Gasteiger partial charge on any atom is -0.00773 e. The average molecular weight is 276 g/mol. The molecule has 0 aromatic rings. The van der Waals surface area contributed by atoms with Crippen LogP contribution in [0, 0.1) is 0 Å². The van der Waals surface area contributed by atoms with Gasteiger partial charge >= 0.3 is 0 Å². The van der Waals surface area contributed by atoms with E-state index >= 15 is 0 Å². The fraction of sp³-hybridized carbons (Fsp3) is 1.00. The van der Waals surface area contributed by atoms with Gasteiger partial charge in [-0.15, -0.1) is 49.6 Å². The van der Waals surface area contributed by atoms with E-state index in [-0.39, 0.29) is 49.6 Å². The van der Waals surface area contributed by atoms with Gasteiger partial charge in [0.1, 0.15) is 0 Å². The summed E-state index contributed by atoms with van der Waals surface area (Å²) >= 11 is 0. The highest BCUT2D eigenvalue weighted by molar-refractivity contribution is 5.86. The third-order valence-electron chi connectivity index (χ3n) is 1.41. The van der Waals surface area contributed by atoms with Crippen molar-refractivity contribution in [3.8, 4) is 0 Å². The Morgan fingerprint density at radius 3 is 0.923 bits per heavy atom. The summed E-state index contributed by atoms with van der Waals surface area (Å²) in [4.78, 5) is 0. The molecule has 0 aromatic carbocycles. The van der Waals surface area contributed by atoms with E-state index in [0.717, 1.165) is 13.1 Å². The second-order valence-corrected chi connectivity index (χ2v) is 2.35. The van der Waals surface area contributed by atoms with E-state index in [0.29, 0.717) is 0 Å². The first-order valence-electron chi connectivity index (χ1n) is 3.82. The van der Waals surface area contributed by atoms with E-state index < -0.39 is 0 Å². The van der Waals surface area contributed by atoms with Gasteiger partial charge in [0.05, 0.1) is 0 Å². The molecule has 0 aliphatic carbocycles. The Bertz CT molecular complexity index is 51.8. The Morgan fingerprint density at radius 2 is 0.692 bits per heavy atom. The van der Waals surface area contributed by atoms with E-state index in [9.17, 15) is 0 Å². The second kappa shape index (κ2) is 29.2. The van der Waals surface area contributed by atoms with Crippen molar-refractivity contribution in [1.82, 2.24) is 0 Å². The largest absolute Gasteiger partial charge is 0.330 e. The van der Waals surface area contributed by atoms with Crippen molar-refractivity contribution < 1.29 is 0 Å². The first-order chi connectivity index (χ1) is 4.41. The Balaban J connectivity index is -0.0000000533. The summed E-state index contributed by atoms with van der Waals surface area (Å²) in [6.45, 7) is 1.67. The minimum atomic E-state index is 0. The van der Waals surface area contributed by atoms with Crippen molar-refractivity contribution >= 4 is 49.6 Å². The summed E-state index contributed by atoms with van der Waals surface area (Å²) in [5.41, 5.74) is 10.6. The zero-order chi connectivity index (χ0) is 6.95. The van der Waals surface area contributed by atoms with Gasteiger partial charge in [-0.25, -0.2) is 0 Å². The van der Waals surface area contributed by atoms with E-state index in [2.05, 4.69) is 0 Å². The number of nitrogens with two attached hydrogens (primary N) is 2. The summed E-state index contributed by atoms with van der Waals surface area (Å²) in [6.07, 6.45) is 6.19. The number of halogens is 4. The molecule has 0 saturated heterocycles. The molecule has 0 saturated carbocycles. The van der Waals surface area contributed by atoms with E-state index in [1.165, 1.54) is 32.1 Å². The molecule has 0 aromatic heterocycles. The minimum Gasteiger partial charge on any atom is -0.330 e. The summed E-state index contributed by atoms with van der Waals surface area (Å²) in [6, 6.07) is 0. The molecule has 0 spiro atoms. The lowest BCUT2D eigenvalue weighted by atomic mass is 10.1. The molecule has 0 atom stereocenters. The van der Waals surface area contributed by atoms with E-state index in [4.69, 9.17) is 11.5 Å². The zero-order valence-corrected chi connectivity index (χ0v) is 11.0. The second-order valence-electron chi connectivity index (χ2n) is 2.35. The smallest absolute Gasteiger partial charge is 0.00773 e. The van der Waals surface area contributed by atoms with Gasteiger partial charge in [-0.2, -0.15) is 0 Å². The van der Waals surface area contributed by atoms with Gasteiger partial charge in [0.2, 0.25) is 0 Å². The van der Waals surface area contributed by atoms with Crippen LogP contribution in [0.2, 0.25) is 0 Å². The third-order valence-corrected chi connectivity index (χ3v) is 1.41. The van der Waals surface area contributed by atoms with Gasteiger partial charge in [-0.3, -0.25) is 0 Å². The maximum atomic E-state index is 5.32. The molecule has 0 fully saturated rings. The van der Waals surface area contributed by atoms with Crippen LogP contribution in [0.4, 0.5) is 0 Å². The molecule has 88 valence electrons. The lowest BCUT2D eigenvalue weighted by Gasteiger charge is -1.96. The van der Waals surface area contributed by atoms with Crippen molar-refractivity contribution in [2.75, 3.05) is 13.1 Å². The molecule has 0 rings (SSSR count). The summed E-state index contributed by atoms with van der Waals surface area (Å²) < 4.78 is 0. The molecule has 0 aliphatic heterocycles. The minimum absolute atomic E-state index is 0. The standard InChI is InChI=1S/C7H18N2.4ClH/c8-6-4-2-1-3-5-7-9;;;;/h1-9H2;4*1H. The van der Waals surface area contributed by atoms with Crippen LogP contribution in [0.5, 0.6) is 0 Å². The van der Waals surface area contributed by atoms with Crippen LogP contribution in [0.1, 0.15) is 32.1 Å². The molecule has 6 heteroatoms. The van der Waals surface area contributed by atoms with E-state index in [1.54, 1.807) is 0 Å².